The van der Waals surface area contributed by atoms with Crippen LogP contribution < -0.4 is 5.32 Å². The van der Waals surface area contributed by atoms with Gasteiger partial charge in [-0.3, -0.25) is 9.78 Å². The van der Waals surface area contributed by atoms with Crippen molar-refractivity contribution in [1.82, 2.24) is 10.3 Å². The van der Waals surface area contributed by atoms with E-state index in [4.69, 9.17) is 0 Å². The number of nitrogens with one attached hydrogen (secondary N) is 1. The van der Waals surface area contributed by atoms with Gasteiger partial charge in [0.25, 0.3) is 0 Å². The minimum Gasteiger partial charge on any atom is -0.479 e. The van der Waals surface area contributed by atoms with Crippen molar-refractivity contribution in [2.24, 2.45) is 0 Å². The zero-order valence-electron chi connectivity index (χ0n) is 9.75. The lowest BCUT2D eigenvalue weighted by Gasteiger charge is -2.15. The average Bonchev–Trinajstić information content (AvgIpc) is 2.35. The second-order valence-electron chi connectivity index (χ2n) is 3.92. The predicted octanol–water partition coefficient (Wildman–Crippen LogP) is 1.50. The van der Waals surface area contributed by atoms with Crippen LogP contribution in [0.15, 0.2) is 36.7 Å². The van der Waals surface area contributed by atoms with E-state index in [9.17, 15) is 14.7 Å². The molecular weight excluding hydrogens is 232 g/mol. The third kappa shape index (κ3) is 2.29. The number of hydrogen-bond donors (Lipinski definition) is 2. The highest BCUT2D eigenvalue weighted by Crippen LogP contribution is 2.23. The highest BCUT2D eigenvalue weighted by Gasteiger charge is 2.22. The molecule has 0 aliphatic carbocycles. The van der Waals surface area contributed by atoms with Crippen LogP contribution in [0.2, 0.25) is 0 Å². The molecule has 18 heavy (non-hydrogen) atoms. The highest BCUT2D eigenvalue weighted by atomic mass is 16.4. The maximum absolute atomic E-state index is 11.2. The first-order valence-corrected chi connectivity index (χ1v) is 5.42. The molecule has 1 amide bonds. The van der Waals surface area contributed by atoms with E-state index in [-0.39, 0.29) is 0 Å². The molecule has 0 saturated heterocycles. The Labute approximate surface area is 103 Å². The number of hydrogen-bond acceptors (Lipinski definition) is 3. The first kappa shape index (κ1) is 12.0. The molecule has 1 aromatic heterocycles. The van der Waals surface area contributed by atoms with Gasteiger partial charge in [0.2, 0.25) is 5.91 Å². The smallest absolute Gasteiger partial charge is 0.330 e. The predicted molar refractivity (Wildman–Crippen MR) is 65.9 cm³/mol. The standard InChI is InChI=1S/C13H12N2O3/c1-8(16)15-12(13(17)18)11-7-14-6-9-4-2-3-5-10(9)11/h2-7,12H,1H3,(H,15,16)(H,17,18). The normalized spacial score (nSPS) is 12.1. The maximum Gasteiger partial charge on any atom is 0.330 e. The molecule has 1 atom stereocenters. The number of aromatic nitrogens is 1. The Bertz CT molecular complexity index is 605. The molecule has 0 bridgehead atoms. The van der Waals surface area contributed by atoms with Gasteiger partial charge < -0.3 is 10.4 Å². The Balaban J connectivity index is 2.57. The van der Waals surface area contributed by atoms with E-state index in [0.717, 1.165) is 10.8 Å². The van der Waals surface area contributed by atoms with Crippen molar-refractivity contribution in [2.75, 3.05) is 0 Å². The van der Waals surface area contributed by atoms with Gasteiger partial charge in [-0.2, -0.15) is 0 Å². The van der Waals surface area contributed by atoms with E-state index in [0.29, 0.717) is 5.56 Å². The van der Waals surface area contributed by atoms with Crippen LogP contribution in [0.3, 0.4) is 0 Å². The van der Waals surface area contributed by atoms with Crippen molar-refractivity contribution in [3.05, 3.63) is 42.2 Å². The van der Waals surface area contributed by atoms with Gasteiger partial charge in [-0.25, -0.2) is 4.79 Å². The van der Waals surface area contributed by atoms with Crippen molar-refractivity contribution < 1.29 is 14.7 Å². The molecule has 92 valence electrons. The summed E-state index contributed by atoms with van der Waals surface area (Å²) in [5, 5.41) is 13.2. The molecule has 1 unspecified atom stereocenters. The zero-order chi connectivity index (χ0) is 13.1. The van der Waals surface area contributed by atoms with E-state index in [1.807, 2.05) is 24.3 Å². The minimum absolute atomic E-state index is 0.393. The van der Waals surface area contributed by atoms with Crippen LogP contribution in [0, 0.1) is 0 Å². The summed E-state index contributed by atoms with van der Waals surface area (Å²) in [7, 11) is 0. The number of benzene rings is 1. The Morgan fingerprint density at radius 3 is 2.67 bits per heavy atom. The fourth-order valence-corrected chi connectivity index (χ4v) is 1.85. The second-order valence-corrected chi connectivity index (χ2v) is 3.92. The summed E-state index contributed by atoms with van der Waals surface area (Å²) in [6.45, 7) is 1.29. The molecule has 0 aliphatic rings. The van der Waals surface area contributed by atoms with Gasteiger partial charge in [-0.1, -0.05) is 24.3 Å². The number of carboxylic acids is 1. The molecule has 0 radical (unpaired) electrons. The van der Waals surface area contributed by atoms with Gasteiger partial charge in [0, 0.05) is 30.3 Å². The van der Waals surface area contributed by atoms with Crippen molar-refractivity contribution in [1.29, 1.82) is 0 Å². The van der Waals surface area contributed by atoms with Crippen LogP contribution >= 0.6 is 0 Å². The van der Waals surface area contributed by atoms with Gasteiger partial charge in [-0.05, 0) is 5.39 Å². The summed E-state index contributed by atoms with van der Waals surface area (Å²) in [4.78, 5) is 26.3. The topological polar surface area (TPSA) is 79.3 Å². The summed E-state index contributed by atoms with van der Waals surface area (Å²) < 4.78 is 0. The number of aliphatic carboxylic acids is 1. The van der Waals surface area contributed by atoms with Gasteiger partial charge in [0.1, 0.15) is 0 Å². The number of pyridine rings is 1. The molecule has 2 rings (SSSR count). The summed E-state index contributed by atoms with van der Waals surface area (Å²) in [5.41, 5.74) is 0.482. The Kier molecular flexibility index (Phi) is 3.23. The summed E-state index contributed by atoms with van der Waals surface area (Å²) in [6, 6.07) is 6.24. The minimum atomic E-state index is -1.11. The number of carbonyl (C=O) groups is 2. The van der Waals surface area contributed by atoms with E-state index in [1.165, 1.54) is 13.1 Å². The average molecular weight is 244 g/mol. The van der Waals surface area contributed by atoms with Crippen molar-refractivity contribution in [3.8, 4) is 0 Å². The Hall–Kier alpha value is -2.43. The number of carbonyl (C=O) groups excluding carboxylic acids is 1. The van der Waals surface area contributed by atoms with E-state index in [1.54, 1.807) is 6.20 Å². The number of rotatable bonds is 3. The molecule has 2 aromatic rings. The summed E-state index contributed by atoms with van der Waals surface area (Å²) in [5.74, 6) is -1.50. The third-order valence-electron chi connectivity index (χ3n) is 2.60. The van der Waals surface area contributed by atoms with Crippen molar-refractivity contribution in [3.63, 3.8) is 0 Å². The largest absolute Gasteiger partial charge is 0.479 e. The molecule has 0 aliphatic heterocycles. The monoisotopic (exact) mass is 244 g/mol. The van der Waals surface area contributed by atoms with Gasteiger partial charge in [0.05, 0.1) is 0 Å². The number of fused-ring (bicyclic) bond motifs is 1. The second kappa shape index (κ2) is 4.83. The van der Waals surface area contributed by atoms with E-state index in [2.05, 4.69) is 10.3 Å². The fraction of sp³-hybridized carbons (Fsp3) is 0.154. The first-order valence-electron chi connectivity index (χ1n) is 5.42. The molecular formula is C13H12N2O3. The van der Waals surface area contributed by atoms with Gasteiger partial charge in [-0.15, -0.1) is 0 Å². The lowest BCUT2D eigenvalue weighted by molar-refractivity contribution is -0.141. The number of amides is 1. The fourth-order valence-electron chi connectivity index (χ4n) is 1.85. The quantitative estimate of drug-likeness (QED) is 0.857. The molecule has 5 heteroatoms. The van der Waals surface area contributed by atoms with Crippen molar-refractivity contribution in [2.45, 2.75) is 13.0 Å². The molecule has 0 saturated carbocycles. The molecule has 0 fully saturated rings. The van der Waals surface area contributed by atoms with Crippen LogP contribution in [-0.2, 0) is 9.59 Å². The van der Waals surface area contributed by atoms with Gasteiger partial charge in [0.15, 0.2) is 6.04 Å². The van der Waals surface area contributed by atoms with E-state index < -0.39 is 17.9 Å². The Morgan fingerprint density at radius 1 is 1.28 bits per heavy atom. The zero-order valence-corrected chi connectivity index (χ0v) is 9.75. The summed E-state index contributed by atoms with van der Waals surface area (Å²) in [6.07, 6.45) is 3.13. The molecule has 2 N–H and O–H groups in total. The molecule has 1 aromatic carbocycles. The number of carboxylic acid groups (broad SMARTS) is 1. The van der Waals surface area contributed by atoms with Crippen molar-refractivity contribution >= 4 is 22.6 Å². The van der Waals surface area contributed by atoms with Crippen LogP contribution in [0.4, 0.5) is 0 Å². The van der Waals surface area contributed by atoms with E-state index >= 15 is 0 Å². The molecule has 5 nitrogen and oxygen atoms in total. The SMILES string of the molecule is CC(=O)NC(C(=O)O)c1cncc2ccccc12. The van der Waals surface area contributed by atoms with Crippen LogP contribution in [0.5, 0.6) is 0 Å². The first-order chi connectivity index (χ1) is 8.59. The summed E-state index contributed by atoms with van der Waals surface area (Å²) >= 11 is 0. The highest BCUT2D eigenvalue weighted by molar-refractivity contribution is 5.91. The third-order valence-corrected chi connectivity index (χ3v) is 2.60. The van der Waals surface area contributed by atoms with Crippen LogP contribution in [0.25, 0.3) is 10.8 Å². The molecule has 0 spiro atoms. The molecule has 1 heterocycles. The number of nitrogens with zero attached hydrogens (tertiary/aromatic N) is 1. The maximum atomic E-state index is 11.2. The van der Waals surface area contributed by atoms with Crippen LogP contribution in [-0.4, -0.2) is 22.0 Å². The lowest BCUT2D eigenvalue weighted by Crippen LogP contribution is -2.32. The Morgan fingerprint density at radius 2 is 2.00 bits per heavy atom. The van der Waals surface area contributed by atoms with Crippen LogP contribution in [0.1, 0.15) is 18.5 Å². The lowest BCUT2D eigenvalue weighted by atomic mass is 10.0. The van der Waals surface area contributed by atoms with Gasteiger partial charge >= 0.3 is 5.97 Å².